The van der Waals surface area contributed by atoms with E-state index in [0.717, 1.165) is 11.0 Å². The second-order valence-corrected chi connectivity index (χ2v) is 14.9. The zero-order valence-corrected chi connectivity index (χ0v) is 20.1. The number of ether oxygens (including phenoxy) is 4. The first kappa shape index (κ1) is 21.7. The lowest BCUT2D eigenvalue weighted by atomic mass is 10.1. The van der Waals surface area contributed by atoms with Crippen molar-refractivity contribution >= 4 is 19.4 Å². The summed E-state index contributed by atoms with van der Waals surface area (Å²) >= 11 is 0. The number of hydrogen-bond acceptors (Lipinski definition) is 7. The first-order valence-corrected chi connectivity index (χ1v) is 13.3. The van der Waals surface area contributed by atoms with E-state index in [0.29, 0.717) is 12.5 Å². The van der Waals surface area contributed by atoms with Crippen molar-refractivity contribution in [3.8, 4) is 5.88 Å². The summed E-state index contributed by atoms with van der Waals surface area (Å²) in [4.78, 5) is 8.65. The van der Waals surface area contributed by atoms with E-state index in [1.54, 1.807) is 7.11 Å². The molecule has 0 saturated carbocycles. The van der Waals surface area contributed by atoms with Crippen LogP contribution in [0, 0.1) is 0 Å². The molecule has 4 atom stereocenters. The van der Waals surface area contributed by atoms with E-state index in [-0.39, 0.29) is 29.6 Å². The number of methoxy groups -OCH3 is 1. The molecule has 4 heterocycles. The van der Waals surface area contributed by atoms with Crippen molar-refractivity contribution < 1.29 is 23.4 Å². The van der Waals surface area contributed by atoms with Crippen LogP contribution in [0.25, 0.3) is 11.0 Å². The molecule has 30 heavy (non-hydrogen) atoms. The molecule has 0 radical (unpaired) electrons. The van der Waals surface area contributed by atoms with Crippen molar-refractivity contribution in [1.29, 1.82) is 0 Å². The molecular formula is C21H33N3O5Si. The number of nitrogens with zero attached hydrogens (tertiary/aromatic N) is 3. The molecule has 2 aliphatic rings. The van der Waals surface area contributed by atoms with Crippen LogP contribution in [0.1, 0.15) is 40.8 Å². The summed E-state index contributed by atoms with van der Waals surface area (Å²) < 4.78 is 32.8. The normalized spacial score (nSPS) is 28.8. The molecule has 2 aliphatic heterocycles. The topological polar surface area (TPSA) is 76.9 Å². The van der Waals surface area contributed by atoms with E-state index >= 15 is 0 Å². The van der Waals surface area contributed by atoms with Gasteiger partial charge in [-0.3, -0.25) is 0 Å². The Morgan fingerprint density at radius 1 is 1.17 bits per heavy atom. The Bertz CT molecular complexity index is 923. The molecule has 0 bridgehead atoms. The van der Waals surface area contributed by atoms with Gasteiger partial charge in [0, 0.05) is 6.20 Å². The monoisotopic (exact) mass is 435 g/mol. The van der Waals surface area contributed by atoms with Gasteiger partial charge in [-0.15, -0.1) is 0 Å². The Hall–Kier alpha value is -1.52. The molecule has 2 aromatic rings. The summed E-state index contributed by atoms with van der Waals surface area (Å²) in [6.07, 6.45) is 2.37. The van der Waals surface area contributed by atoms with E-state index in [1.165, 1.54) is 6.33 Å². The molecule has 0 unspecified atom stereocenters. The van der Waals surface area contributed by atoms with Gasteiger partial charge in [0.15, 0.2) is 20.3 Å². The maximum Gasteiger partial charge on any atom is 0.225 e. The Balaban J connectivity index is 1.63. The first-order valence-electron chi connectivity index (χ1n) is 10.4. The van der Waals surface area contributed by atoms with Crippen molar-refractivity contribution in [2.75, 3.05) is 13.7 Å². The molecule has 2 fully saturated rings. The molecule has 4 rings (SSSR count). The zero-order valence-electron chi connectivity index (χ0n) is 19.1. The van der Waals surface area contributed by atoms with Gasteiger partial charge < -0.3 is 27.9 Å². The molecule has 0 aromatic carbocycles. The second kappa shape index (κ2) is 7.27. The van der Waals surface area contributed by atoms with E-state index in [2.05, 4.69) is 43.8 Å². The molecule has 9 heteroatoms. The molecule has 0 spiro atoms. The van der Waals surface area contributed by atoms with Gasteiger partial charge >= 0.3 is 0 Å². The highest BCUT2D eigenvalue weighted by atomic mass is 28.4. The highest BCUT2D eigenvalue weighted by Crippen LogP contribution is 2.45. The van der Waals surface area contributed by atoms with Crippen LogP contribution < -0.4 is 4.74 Å². The summed E-state index contributed by atoms with van der Waals surface area (Å²) in [7, 11) is -0.314. The van der Waals surface area contributed by atoms with Gasteiger partial charge in [-0.1, -0.05) is 20.8 Å². The lowest BCUT2D eigenvalue weighted by molar-refractivity contribution is -0.199. The summed E-state index contributed by atoms with van der Waals surface area (Å²) in [6.45, 7) is 15.5. The third kappa shape index (κ3) is 3.66. The molecule has 8 nitrogen and oxygen atoms in total. The van der Waals surface area contributed by atoms with Crippen LogP contribution in [0.5, 0.6) is 5.88 Å². The molecule has 0 aliphatic carbocycles. The fourth-order valence-electron chi connectivity index (χ4n) is 3.84. The lowest BCUT2D eigenvalue weighted by Crippen LogP contribution is -2.44. The van der Waals surface area contributed by atoms with Crippen molar-refractivity contribution in [3.05, 3.63) is 18.6 Å². The van der Waals surface area contributed by atoms with Gasteiger partial charge in [0.2, 0.25) is 5.88 Å². The van der Waals surface area contributed by atoms with Crippen LogP contribution in [-0.4, -0.2) is 60.7 Å². The fraction of sp³-hybridized carbons (Fsp3) is 0.714. The van der Waals surface area contributed by atoms with Crippen molar-refractivity contribution in [1.82, 2.24) is 14.5 Å². The van der Waals surface area contributed by atoms with Gasteiger partial charge in [-0.2, -0.15) is 0 Å². The van der Waals surface area contributed by atoms with E-state index in [9.17, 15) is 0 Å². The predicted octanol–water partition coefficient (Wildman–Crippen LogP) is 3.88. The Kier molecular flexibility index (Phi) is 5.26. The second-order valence-electron chi connectivity index (χ2n) is 10.0. The standard InChI is InChI=1S/C21H33N3O5Si/c1-20(2,3)30(7,8)26-11-14-15-16(29-21(4,5)28-15)19(27-14)24-10-9-13-17(24)22-12-23-18(13)25-6/h9-10,12,14-16,19H,11H2,1-8H3/t14-,15-,16-,19-/m1/s1. The summed E-state index contributed by atoms with van der Waals surface area (Å²) in [5.41, 5.74) is 0.741. The van der Waals surface area contributed by atoms with Gasteiger partial charge in [-0.25, -0.2) is 9.97 Å². The van der Waals surface area contributed by atoms with Crippen LogP contribution in [0.3, 0.4) is 0 Å². The Morgan fingerprint density at radius 2 is 1.87 bits per heavy atom. The quantitative estimate of drug-likeness (QED) is 0.660. The van der Waals surface area contributed by atoms with Gasteiger partial charge in [0.25, 0.3) is 0 Å². The van der Waals surface area contributed by atoms with Crippen LogP contribution in [-0.2, 0) is 18.6 Å². The zero-order chi connectivity index (χ0) is 21.9. The van der Waals surface area contributed by atoms with Crippen molar-refractivity contribution in [3.63, 3.8) is 0 Å². The summed E-state index contributed by atoms with van der Waals surface area (Å²) in [5.74, 6) is -0.141. The van der Waals surface area contributed by atoms with Gasteiger partial charge in [0.05, 0.1) is 19.1 Å². The largest absolute Gasteiger partial charge is 0.480 e. The number of fused-ring (bicyclic) bond motifs is 2. The number of hydrogen-bond donors (Lipinski definition) is 0. The van der Waals surface area contributed by atoms with Crippen molar-refractivity contribution in [2.45, 2.75) is 83.1 Å². The smallest absolute Gasteiger partial charge is 0.225 e. The van der Waals surface area contributed by atoms with E-state index in [4.69, 9.17) is 23.4 Å². The minimum atomic E-state index is -1.92. The number of rotatable bonds is 5. The first-order chi connectivity index (χ1) is 13.9. The van der Waals surface area contributed by atoms with E-state index < -0.39 is 14.1 Å². The predicted molar refractivity (Wildman–Crippen MR) is 115 cm³/mol. The molecule has 2 saturated heterocycles. The van der Waals surface area contributed by atoms with E-state index in [1.807, 2.05) is 30.7 Å². The maximum atomic E-state index is 6.47. The molecule has 0 amide bonds. The SMILES string of the molecule is COc1ncnc2c1ccn2[C@@H]1O[C@H](CO[Si](C)(C)C(C)(C)C)[C@H]2OC(C)(C)O[C@H]21. The van der Waals surface area contributed by atoms with Gasteiger partial charge in [-0.05, 0) is 38.0 Å². The van der Waals surface area contributed by atoms with Crippen LogP contribution in [0.2, 0.25) is 18.1 Å². The van der Waals surface area contributed by atoms with Gasteiger partial charge in [0.1, 0.15) is 30.3 Å². The minimum Gasteiger partial charge on any atom is -0.480 e. The minimum absolute atomic E-state index is 0.126. The third-order valence-electron chi connectivity index (χ3n) is 6.48. The summed E-state index contributed by atoms with van der Waals surface area (Å²) in [6, 6.07) is 1.94. The molecular weight excluding hydrogens is 402 g/mol. The summed E-state index contributed by atoms with van der Waals surface area (Å²) in [5, 5.41) is 0.958. The maximum absolute atomic E-state index is 6.47. The third-order valence-corrected chi connectivity index (χ3v) is 11.0. The van der Waals surface area contributed by atoms with Crippen LogP contribution >= 0.6 is 0 Å². The highest BCUT2D eigenvalue weighted by Gasteiger charge is 2.56. The average molecular weight is 436 g/mol. The van der Waals surface area contributed by atoms with Crippen LogP contribution in [0.15, 0.2) is 18.6 Å². The highest BCUT2D eigenvalue weighted by molar-refractivity contribution is 6.74. The molecule has 2 aromatic heterocycles. The average Bonchev–Trinajstić information content (AvgIpc) is 3.29. The lowest BCUT2D eigenvalue weighted by Gasteiger charge is -2.37. The molecule has 166 valence electrons. The Morgan fingerprint density at radius 3 is 2.53 bits per heavy atom. The van der Waals surface area contributed by atoms with Crippen LogP contribution in [0.4, 0.5) is 0 Å². The fourth-order valence-corrected chi connectivity index (χ4v) is 4.85. The Labute approximate surface area is 179 Å². The molecule has 0 N–H and O–H groups in total. The van der Waals surface area contributed by atoms with Crippen molar-refractivity contribution in [2.24, 2.45) is 0 Å². The number of aromatic nitrogens is 3.